The van der Waals surface area contributed by atoms with Gasteiger partial charge < -0.3 is 28.4 Å². The lowest BCUT2D eigenvalue weighted by Gasteiger charge is -2.35. The molecule has 0 radical (unpaired) electrons. The van der Waals surface area contributed by atoms with E-state index in [4.69, 9.17) is 28.4 Å². The summed E-state index contributed by atoms with van der Waals surface area (Å²) in [5.41, 5.74) is 0. The molecule has 8 heteroatoms. The number of esters is 1. The average molecular weight is 429 g/mol. The van der Waals surface area contributed by atoms with Crippen molar-refractivity contribution in [3.8, 4) is 5.75 Å². The molecule has 0 saturated carbocycles. The van der Waals surface area contributed by atoms with Crippen LogP contribution in [0, 0.1) is 0 Å². The Hall–Kier alpha value is -1.03. The van der Waals surface area contributed by atoms with Crippen molar-refractivity contribution in [2.45, 2.75) is 70.0 Å². The van der Waals surface area contributed by atoms with Gasteiger partial charge in [0.2, 0.25) is 0 Å². The van der Waals surface area contributed by atoms with Crippen LogP contribution in [-0.2, 0) is 28.5 Å². The van der Waals surface area contributed by atoms with Gasteiger partial charge >= 0.3 is 5.97 Å². The number of hydrogen-bond acceptors (Lipinski definition) is 7. The van der Waals surface area contributed by atoms with Crippen LogP contribution in [0.2, 0.25) is 0 Å². The molecule has 0 bridgehead atoms. The Bertz CT molecular complexity index is 702. The first kappa shape index (κ1) is 18.3. The number of halogens is 1. The topological polar surface area (TPSA) is 72.5 Å². The van der Waals surface area contributed by atoms with Gasteiger partial charge in [0.1, 0.15) is 24.1 Å². The van der Waals surface area contributed by atoms with Crippen molar-refractivity contribution in [1.29, 1.82) is 0 Å². The number of rotatable bonds is 2. The molecule has 0 N–H and O–H groups in total. The smallest absolute Gasteiger partial charge is 0.343 e. The van der Waals surface area contributed by atoms with Crippen LogP contribution < -0.4 is 4.74 Å². The van der Waals surface area contributed by atoms with Gasteiger partial charge in [0.15, 0.2) is 24.0 Å². The van der Waals surface area contributed by atoms with Crippen molar-refractivity contribution in [3.63, 3.8) is 0 Å². The van der Waals surface area contributed by atoms with Crippen molar-refractivity contribution in [2.75, 3.05) is 0 Å². The van der Waals surface area contributed by atoms with E-state index in [2.05, 4.69) is 15.9 Å². The number of carbonyl (C=O) groups excluding carboxylic acids is 1. The second-order valence-corrected chi connectivity index (χ2v) is 8.38. The average Bonchev–Trinajstić information content (AvgIpc) is 3.02. The Morgan fingerprint density at radius 2 is 1.50 bits per heavy atom. The van der Waals surface area contributed by atoms with Crippen molar-refractivity contribution in [2.24, 2.45) is 0 Å². The van der Waals surface area contributed by atoms with E-state index < -0.39 is 48.2 Å². The quantitative estimate of drug-likeness (QED) is 0.529. The number of benzene rings is 1. The van der Waals surface area contributed by atoms with Gasteiger partial charge in [0.05, 0.1) is 0 Å². The second-order valence-electron chi connectivity index (χ2n) is 7.47. The largest absolute Gasteiger partial charge is 0.425 e. The van der Waals surface area contributed by atoms with Crippen LogP contribution >= 0.6 is 15.9 Å². The molecular formula is C18H21BrO7. The standard InChI is InChI=1S/C18H21BrO7/c1-17(2)23-11-12(24-17)14-16(26-18(3,4)25-14)22-13(11)15(20)21-10-7-5-9(19)6-8-10/h5-8,11-14,16H,1-4H3/t11-,12+,13+,14+,16+/m1/s1. The fourth-order valence-corrected chi connectivity index (χ4v) is 3.74. The van der Waals surface area contributed by atoms with Crippen LogP contribution in [0.15, 0.2) is 28.7 Å². The molecular weight excluding hydrogens is 408 g/mol. The zero-order chi connectivity index (χ0) is 18.7. The van der Waals surface area contributed by atoms with E-state index in [-0.39, 0.29) is 0 Å². The Morgan fingerprint density at radius 1 is 0.923 bits per heavy atom. The lowest BCUT2D eigenvalue weighted by Crippen LogP contribution is -2.58. The van der Waals surface area contributed by atoms with E-state index in [1.54, 1.807) is 52.0 Å². The maximum absolute atomic E-state index is 12.8. The molecule has 0 amide bonds. The maximum Gasteiger partial charge on any atom is 0.343 e. The summed E-state index contributed by atoms with van der Waals surface area (Å²) in [6, 6.07) is 6.97. The van der Waals surface area contributed by atoms with E-state index in [1.165, 1.54) is 0 Å². The van der Waals surface area contributed by atoms with Gasteiger partial charge in [0, 0.05) is 4.47 Å². The van der Waals surface area contributed by atoms with Crippen LogP contribution in [0.4, 0.5) is 0 Å². The minimum absolute atomic E-state index is 0.419. The third kappa shape index (κ3) is 3.42. The summed E-state index contributed by atoms with van der Waals surface area (Å²) >= 11 is 3.35. The summed E-state index contributed by atoms with van der Waals surface area (Å²) in [4.78, 5) is 12.8. The molecule has 1 aromatic carbocycles. The van der Waals surface area contributed by atoms with Gasteiger partial charge in [-0.2, -0.15) is 0 Å². The molecule has 3 aliphatic heterocycles. The number of hydrogen-bond donors (Lipinski definition) is 0. The number of ether oxygens (including phenoxy) is 6. The summed E-state index contributed by atoms with van der Waals surface area (Å²) in [6.07, 6.45) is -3.33. The van der Waals surface area contributed by atoms with Crippen LogP contribution in [-0.4, -0.2) is 48.2 Å². The molecule has 3 heterocycles. The van der Waals surface area contributed by atoms with Crippen molar-refractivity contribution < 1.29 is 33.2 Å². The molecule has 26 heavy (non-hydrogen) atoms. The SMILES string of the molecule is CC1(C)O[C@@H]2O[C@H](C(=O)Oc3ccc(Br)cc3)[C@@H]3OC(C)(C)O[C@@H]3[C@@H]2O1. The summed E-state index contributed by atoms with van der Waals surface area (Å²) in [5, 5.41) is 0. The Balaban J connectivity index is 1.57. The van der Waals surface area contributed by atoms with Crippen molar-refractivity contribution in [1.82, 2.24) is 0 Å². The van der Waals surface area contributed by atoms with Crippen LogP contribution in [0.1, 0.15) is 27.7 Å². The molecule has 142 valence electrons. The Kier molecular flexibility index (Phi) is 4.41. The van der Waals surface area contributed by atoms with Crippen LogP contribution in [0.5, 0.6) is 5.75 Å². The fraction of sp³-hybridized carbons (Fsp3) is 0.611. The monoisotopic (exact) mass is 428 g/mol. The minimum Gasteiger partial charge on any atom is -0.425 e. The third-order valence-corrected chi connectivity index (χ3v) is 4.95. The van der Waals surface area contributed by atoms with Gasteiger partial charge in [-0.1, -0.05) is 15.9 Å². The van der Waals surface area contributed by atoms with Gasteiger partial charge in [-0.25, -0.2) is 4.79 Å². The molecule has 0 unspecified atom stereocenters. The highest BCUT2D eigenvalue weighted by atomic mass is 79.9. The molecule has 1 aromatic rings. The predicted molar refractivity (Wildman–Crippen MR) is 92.3 cm³/mol. The molecule has 0 aromatic heterocycles. The van der Waals surface area contributed by atoms with E-state index >= 15 is 0 Å². The fourth-order valence-electron chi connectivity index (χ4n) is 3.48. The van der Waals surface area contributed by atoms with Gasteiger partial charge in [-0.05, 0) is 52.0 Å². The van der Waals surface area contributed by atoms with Crippen LogP contribution in [0.25, 0.3) is 0 Å². The molecule has 3 saturated heterocycles. The van der Waals surface area contributed by atoms with E-state index in [0.29, 0.717) is 5.75 Å². The summed E-state index contributed by atoms with van der Waals surface area (Å²) in [6.45, 7) is 7.16. The first-order valence-electron chi connectivity index (χ1n) is 8.48. The molecule has 4 rings (SSSR count). The number of fused-ring (bicyclic) bond motifs is 3. The lowest BCUT2D eigenvalue weighted by molar-refractivity contribution is -0.236. The van der Waals surface area contributed by atoms with Gasteiger partial charge in [-0.15, -0.1) is 0 Å². The highest BCUT2D eigenvalue weighted by Crippen LogP contribution is 2.44. The highest BCUT2D eigenvalue weighted by molar-refractivity contribution is 9.10. The predicted octanol–water partition coefficient (Wildman–Crippen LogP) is 2.75. The van der Waals surface area contributed by atoms with E-state index in [1.807, 2.05) is 0 Å². The number of carbonyl (C=O) groups is 1. The molecule has 5 atom stereocenters. The third-order valence-electron chi connectivity index (χ3n) is 4.42. The maximum atomic E-state index is 12.8. The van der Waals surface area contributed by atoms with Crippen LogP contribution in [0.3, 0.4) is 0 Å². The molecule has 3 aliphatic rings. The van der Waals surface area contributed by atoms with Gasteiger partial charge in [-0.3, -0.25) is 0 Å². The molecule has 3 fully saturated rings. The van der Waals surface area contributed by atoms with Gasteiger partial charge in [0.25, 0.3) is 0 Å². The first-order chi connectivity index (χ1) is 12.1. The lowest BCUT2D eigenvalue weighted by atomic mass is 9.99. The molecule has 0 aliphatic carbocycles. The van der Waals surface area contributed by atoms with E-state index in [9.17, 15) is 4.79 Å². The first-order valence-corrected chi connectivity index (χ1v) is 9.27. The Labute approximate surface area is 160 Å². The second kappa shape index (κ2) is 6.25. The highest BCUT2D eigenvalue weighted by Gasteiger charge is 2.62. The summed E-state index contributed by atoms with van der Waals surface area (Å²) in [5.74, 6) is -1.83. The molecule has 7 nitrogen and oxygen atoms in total. The Morgan fingerprint density at radius 3 is 2.19 bits per heavy atom. The zero-order valence-corrected chi connectivity index (χ0v) is 16.5. The molecule has 0 spiro atoms. The summed E-state index contributed by atoms with van der Waals surface area (Å²) in [7, 11) is 0. The normalized spacial score (nSPS) is 37.0. The van der Waals surface area contributed by atoms with Crippen molar-refractivity contribution in [3.05, 3.63) is 28.7 Å². The zero-order valence-electron chi connectivity index (χ0n) is 14.9. The van der Waals surface area contributed by atoms with Crippen molar-refractivity contribution >= 4 is 21.9 Å². The summed E-state index contributed by atoms with van der Waals surface area (Å²) < 4.78 is 35.8. The minimum atomic E-state index is -0.982. The van der Waals surface area contributed by atoms with E-state index in [0.717, 1.165) is 4.47 Å².